The molecule has 1 amide bonds. The highest BCUT2D eigenvalue weighted by atomic mass is 16.5. The summed E-state index contributed by atoms with van der Waals surface area (Å²) in [5, 5.41) is 10.3. The molecule has 2 aromatic carbocycles. The lowest BCUT2D eigenvalue weighted by Gasteiger charge is -2.26. The first-order valence-corrected chi connectivity index (χ1v) is 9.83. The number of rotatable bonds is 3. The smallest absolute Gasteiger partial charge is 0.271 e. The van der Waals surface area contributed by atoms with Crippen molar-refractivity contribution in [2.45, 2.75) is 6.42 Å². The number of para-hydroxylation sites is 1. The third-order valence-corrected chi connectivity index (χ3v) is 5.43. The van der Waals surface area contributed by atoms with E-state index < -0.39 is 0 Å². The van der Waals surface area contributed by atoms with Crippen molar-refractivity contribution in [1.29, 1.82) is 0 Å². The Morgan fingerprint density at radius 2 is 1.80 bits per heavy atom. The van der Waals surface area contributed by atoms with Crippen LogP contribution in [0.5, 0.6) is 5.75 Å². The summed E-state index contributed by atoms with van der Waals surface area (Å²) >= 11 is 0. The van der Waals surface area contributed by atoms with Gasteiger partial charge >= 0.3 is 0 Å². The molecule has 0 saturated carbocycles. The van der Waals surface area contributed by atoms with E-state index in [1.807, 2.05) is 6.07 Å². The van der Waals surface area contributed by atoms with Crippen molar-refractivity contribution in [3.8, 4) is 5.75 Å². The van der Waals surface area contributed by atoms with Crippen LogP contribution in [-0.4, -0.2) is 47.2 Å². The highest BCUT2D eigenvalue weighted by Gasteiger charge is 2.27. The Labute approximate surface area is 171 Å². The normalized spacial score (nSPS) is 14.5. The highest BCUT2D eigenvalue weighted by Crippen LogP contribution is 2.27. The molecule has 7 nitrogen and oxygen atoms in total. The minimum atomic E-state index is -0.233. The first kappa shape index (κ1) is 18.4. The van der Waals surface area contributed by atoms with E-state index in [-0.39, 0.29) is 28.2 Å². The van der Waals surface area contributed by atoms with E-state index in [9.17, 15) is 14.7 Å². The molecule has 0 radical (unpaired) electrons. The molecule has 3 heterocycles. The summed E-state index contributed by atoms with van der Waals surface area (Å²) in [4.78, 5) is 31.4. The lowest BCUT2D eigenvalue weighted by molar-refractivity contribution is 0.0300. The van der Waals surface area contributed by atoms with Gasteiger partial charge in [-0.25, -0.2) is 0 Å². The lowest BCUT2D eigenvalue weighted by atomic mass is 10.1. The fourth-order valence-corrected chi connectivity index (χ4v) is 3.88. The van der Waals surface area contributed by atoms with Gasteiger partial charge in [0.25, 0.3) is 5.91 Å². The molecule has 1 saturated heterocycles. The topological polar surface area (TPSA) is 95.8 Å². The minimum Gasteiger partial charge on any atom is -0.508 e. The molecule has 0 spiro atoms. The molecular weight excluding hydrogens is 384 g/mol. The predicted octanol–water partition coefficient (Wildman–Crippen LogP) is 3.04. The Bertz CT molecular complexity index is 1300. The van der Waals surface area contributed by atoms with Crippen molar-refractivity contribution in [2.24, 2.45) is 0 Å². The van der Waals surface area contributed by atoms with Gasteiger partial charge in [0.2, 0.25) is 5.43 Å². The van der Waals surface area contributed by atoms with Crippen LogP contribution < -0.4 is 5.43 Å². The number of phenols is 1. The van der Waals surface area contributed by atoms with E-state index in [2.05, 4.69) is 4.98 Å². The Morgan fingerprint density at radius 1 is 1.07 bits per heavy atom. The van der Waals surface area contributed by atoms with Crippen molar-refractivity contribution in [3.05, 3.63) is 75.7 Å². The fraction of sp³-hybridized carbons (Fsp3) is 0.217. The van der Waals surface area contributed by atoms with Gasteiger partial charge in [0.05, 0.1) is 29.7 Å². The van der Waals surface area contributed by atoms with Crippen LogP contribution in [0.25, 0.3) is 21.9 Å². The average molecular weight is 404 g/mol. The molecule has 1 aliphatic rings. The summed E-state index contributed by atoms with van der Waals surface area (Å²) in [6.07, 6.45) is 0.425. The van der Waals surface area contributed by atoms with Gasteiger partial charge in [0.1, 0.15) is 17.0 Å². The summed E-state index contributed by atoms with van der Waals surface area (Å²) < 4.78 is 11.4. The lowest BCUT2D eigenvalue weighted by Crippen LogP contribution is -2.41. The van der Waals surface area contributed by atoms with Crippen LogP contribution in [0.3, 0.4) is 0 Å². The van der Waals surface area contributed by atoms with Gasteiger partial charge in [0, 0.05) is 19.5 Å². The van der Waals surface area contributed by atoms with Crippen molar-refractivity contribution < 1.29 is 19.1 Å². The quantitative estimate of drug-likeness (QED) is 0.547. The number of aromatic nitrogens is 1. The number of aromatic hydroxyl groups is 1. The number of morpholine rings is 1. The number of carbonyl (C=O) groups excluding carboxylic acids is 1. The van der Waals surface area contributed by atoms with E-state index in [1.54, 1.807) is 47.4 Å². The van der Waals surface area contributed by atoms with Crippen LogP contribution in [0, 0.1) is 0 Å². The number of hydrogen-bond acceptors (Lipinski definition) is 5. The average Bonchev–Trinajstić information content (AvgIpc) is 3.14. The summed E-state index contributed by atoms with van der Waals surface area (Å²) in [5.41, 5.74) is 2.46. The van der Waals surface area contributed by atoms with Crippen LogP contribution in [0.2, 0.25) is 0 Å². The zero-order valence-electron chi connectivity index (χ0n) is 16.2. The summed E-state index contributed by atoms with van der Waals surface area (Å²) in [5.74, 6) is -0.0568. The summed E-state index contributed by atoms with van der Waals surface area (Å²) in [7, 11) is 0. The second-order valence-electron chi connectivity index (χ2n) is 7.36. The molecule has 7 heteroatoms. The number of carbonyl (C=O) groups is 1. The van der Waals surface area contributed by atoms with Gasteiger partial charge in [-0.2, -0.15) is 0 Å². The monoisotopic (exact) mass is 404 g/mol. The predicted molar refractivity (Wildman–Crippen MR) is 112 cm³/mol. The highest BCUT2D eigenvalue weighted by molar-refractivity contribution is 6.07. The third-order valence-electron chi connectivity index (χ3n) is 5.43. The SMILES string of the molecule is O=C(c1[nH]c(Cc2ccc(O)cc2)c2oc3ccccc3c(=O)c12)N1CCOCC1. The molecule has 5 rings (SSSR count). The van der Waals surface area contributed by atoms with E-state index in [1.165, 1.54) is 0 Å². The number of fused-ring (bicyclic) bond motifs is 2. The molecule has 30 heavy (non-hydrogen) atoms. The molecule has 0 atom stereocenters. The number of benzene rings is 2. The van der Waals surface area contributed by atoms with Gasteiger partial charge < -0.3 is 24.1 Å². The maximum absolute atomic E-state index is 13.3. The van der Waals surface area contributed by atoms with Crippen LogP contribution in [0.15, 0.2) is 57.7 Å². The molecule has 1 aliphatic heterocycles. The molecule has 4 aromatic rings. The van der Waals surface area contributed by atoms with Crippen molar-refractivity contribution in [1.82, 2.24) is 9.88 Å². The molecule has 0 bridgehead atoms. The van der Waals surface area contributed by atoms with Gasteiger partial charge in [-0.05, 0) is 29.8 Å². The Balaban J connectivity index is 1.70. The number of phenolic OH excluding ortho intramolecular Hbond substituents is 1. The van der Waals surface area contributed by atoms with Gasteiger partial charge in [-0.1, -0.05) is 24.3 Å². The molecule has 152 valence electrons. The number of hydrogen-bond donors (Lipinski definition) is 2. The number of aromatic amines is 1. The van der Waals surface area contributed by atoms with E-state index in [0.717, 1.165) is 5.56 Å². The van der Waals surface area contributed by atoms with Gasteiger partial charge in [0.15, 0.2) is 5.58 Å². The van der Waals surface area contributed by atoms with E-state index in [0.29, 0.717) is 55.0 Å². The minimum absolute atomic E-state index is 0.177. The van der Waals surface area contributed by atoms with Crippen LogP contribution in [0.1, 0.15) is 21.7 Å². The number of ether oxygens (including phenoxy) is 1. The molecule has 0 aliphatic carbocycles. The van der Waals surface area contributed by atoms with Crippen LogP contribution in [-0.2, 0) is 11.2 Å². The Morgan fingerprint density at radius 3 is 2.57 bits per heavy atom. The maximum atomic E-state index is 13.3. The van der Waals surface area contributed by atoms with Crippen molar-refractivity contribution in [2.75, 3.05) is 26.3 Å². The number of H-pyrrole nitrogens is 1. The zero-order chi connectivity index (χ0) is 20.7. The molecule has 2 aromatic heterocycles. The van der Waals surface area contributed by atoms with Crippen LogP contribution >= 0.6 is 0 Å². The molecule has 2 N–H and O–H groups in total. The fourth-order valence-electron chi connectivity index (χ4n) is 3.88. The Hall–Kier alpha value is -3.58. The second-order valence-corrected chi connectivity index (χ2v) is 7.36. The van der Waals surface area contributed by atoms with Gasteiger partial charge in [-0.3, -0.25) is 9.59 Å². The first-order valence-electron chi connectivity index (χ1n) is 9.83. The number of nitrogens with one attached hydrogen (secondary N) is 1. The first-order chi connectivity index (χ1) is 14.6. The zero-order valence-corrected chi connectivity index (χ0v) is 16.2. The van der Waals surface area contributed by atoms with Crippen LogP contribution in [0.4, 0.5) is 0 Å². The standard InChI is InChI=1S/C23H20N2O5/c26-15-7-5-14(6-8-15)13-17-22-19(21(27)16-3-1-2-4-18(16)30-22)20(24-17)23(28)25-9-11-29-12-10-25/h1-8,24,26H,9-13H2. The molecular formula is C23H20N2O5. The summed E-state index contributed by atoms with van der Waals surface area (Å²) in [6, 6.07) is 13.8. The van der Waals surface area contributed by atoms with E-state index in [4.69, 9.17) is 9.15 Å². The maximum Gasteiger partial charge on any atom is 0.271 e. The largest absolute Gasteiger partial charge is 0.508 e. The molecule has 0 unspecified atom stereocenters. The van der Waals surface area contributed by atoms with Crippen molar-refractivity contribution in [3.63, 3.8) is 0 Å². The Kier molecular flexibility index (Phi) is 4.52. The number of nitrogens with zero attached hydrogens (tertiary/aromatic N) is 1. The molecule has 1 fully saturated rings. The van der Waals surface area contributed by atoms with Gasteiger partial charge in [-0.15, -0.1) is 0 Å². The van der Waals surface area contributed by atoms with Crippen molar-refractivity contribution >= 4 is 27.8 Å². The number of amides is 1. The summed E-state index contributed by atoms with van der Waals surface area (Å²) in [6.45, 7) is 1.90. The second kappa shape index (κ2) is 7.35. The van der Waals surface area contributed by atoms with E-state index >= 15 is 0 Å². The third kappa shape index (κ3) is 3.13.